The number of furan rings is 1. The Hall–Kier alpha value is -9.45. The molecule has 0 aliphatic rings. The highest BCUT2D eigenvalue weighted by Crippen LogP contribution is 2.46. The van der Waals surface area contributed by atoms with Gasteiger partial charge in [-0.2, -0.15) is 0 Å². The zero-order chi connectivity index (χ0) is 45.9. The van der Waals surface area contributed by atoms with Crippen LogP contribution in [0.2, 0.25) is 0 Å². The van der Waals surface area contributed by atoms with Crippen molar-refractivity contribution in [2.24, 2.45) is 0 Å². The Morgan fingerprint density at radius 3 is 1.56 bits per heavy atom. The number of aromatic nitrogens is 4. The van der Waals surface area contributed by atoms with E-state index in [2.05, 4.69) is 211 Å². The van der Waals surface area contributed by atoms with Crippen molar-refractivity contribution < 1.29 is 4.42 Å². The van der Waals surface area contributed by atoms with E-state index in [0.717, 1.165) is 82.6 Å². The molecule has 0 fully saturated rings. The van der Waals surface area contributed by atoms with Crippen LogP contribution >= 0.6 is 0 Å². The van der Waals surface area contributed by atoms with Gasteiger partial charge in [-0.3, -0.25) is 0 Å². The van der Waals surface area contributed by atoms with Crippen molar-refractivity contribution in [3.8, 4) is 51.0 Å². The summed E-state index contributed by atoms with van der Waals surface area (Å²) < 4.78 is 9.27. The summed E-state index contributed by atoms with van der Waals surface area (Å²) in [6.07, 6.45) is 0. The van der Waals surface area contributed by atoms with Crippen molar-refractivity contribution in [3.05, 3.63) is 231 Å². The number of hydrogen-bond donors (Lipinski definition) is 0. The molecule has 15 rings (SSSR count). The van der Waals surface area contributed by atoms with Crippen LogP contribution in [0.4, 0.5) is 0 Å². The topological polar surface area (TPSA) is 56.7 Å². The lowest BCUT2D eigenvalue weighted by Gasteiger charge is -2.18. The number of rotatable bonds is 5. The highest BCUT2D eigenvalue weighted by Gasteiger charge is 2.23. The summed E-state index contributed by atoms with van der Waals surface area (Å²) in [5, 5.41) is 16.3. The van der Waals surface area contributed by atoms with E-state index in [1.54, 1.807) is 0 Å². The van der Waals surface area contributed by atoms with Crippen LogP contribution in [0.1, 0.15) is 0 Å². The third-order valence-electron chi connectivity index (χ3n) is 14.4. The van der Waals surface area contributed by atoms with E-state index < -0.39 is 0 Å². The zero-order valence-electron chi connectivity index (χ0n) is 37.6. The number of fused-ring (bicyclic) bond motifs is 15. The van der Waals surface area contributed by atoms with E-state index in [0.29, 0.717) is 17.5 Å². The molecule has 0 atom stereocenters. The molecule has 0 bridgehead atoms. The van der Waals surface area contributed by atoms with Crippen molar-refractivity contribution in [2.45, 2.75) is 0 Å². The highest BCUT2D eigenvalue weighted by molar-refractivity contribution is 6.26. The smallest absolute Gasteiger partial charge is 0.164 e. The van der Waals surface area contributed by atoms with Crippen LogP contribution in [-0.2, 0) is 0 Å². The molecule has 5 nitrogen and oxygen atoms in total. The van der Waals surface area contributed by atoms with E-state index in [-0.39, 0.29) is 0 Å². The fourth-order valence-electron chi connectivity index (χ4n) is 11.2. The number of hydrogen-bond acceptors (Lipinski definition) is 4. The first kappa shape index (κ1) is 38.6. The van der Waals surface area contributed by atoms with E-state index in [9.17, 15) is 0 Å². The molecule has 70 heavy (non-hydrogen) atoms. The minimum atomic E-state index is 0.586. The average molecular weight is 891 g/mol. The molecule has 0 radical (unpaired) electrons. The van der Waals surface area contributed by atoms with Gasteiger partial charge in [0.25, 0.3) is 0 Å². The third kappa shape index (κ3) is 5.82. The van der Waals surface area contributed by atoms with Gasteiger partial charge in [-0.1, -0.05) is 176 Å². The van der Waals surface area contributed by atoms with E-state index in [4.69, 9.17) is 19.4 Å². The lowest BCUT2D eigenvalue weighted by atomic mass is 9.92. The van der Waals surface area contributed by atoms with Crippen molar-refractivity contribution >= 4 is 97.6 Å². The van der Waals surface area contributed by atoms with Gasteiger partial charge < -0.3 is 8.98 Å². The van der Waals surface area contributed by atoms with E-state index in [1.165, 1.54) is 48.5 Å². The molecule has 0 aliphatic carbocycles. The van der Waals surface area contributed by atoms with Crippen molar-refractivity contribution in [3.63, 3.8) is 0 Å². The van der Waals surface area contributed by atoms with Gasteiger partial charge in [0.05, 0.1) is 16.7 Å². The summed E-state index contributed by atoms with van der Waals surface area (Å²) in [4.78, 5) is 16.0. The first-order chi connectivity index (χ1) is 34.7. The van der Waals surface area contributed by atoms with E-state index >= 15 is 0 Å². The molecule has 0 unspecified atom stereocenters. The predicted octanol–water partition coefficient (Wildman–Crippen LogP) is 17.3. The summed E-state index contributed by atoms with van der Waals surface area (Å²) >= 11 is 0. The Morgan fingerprint density at radius 2 is 0.829 bits per heavy atom. The van der Waals surface area contributed by atoms with Gasteiger partial charge in [-0.05, 0) is 109 Å². The quantitative estimate of drug-likeness (QED) is 0.162. The first-order valence-corrected chi connectivity index (χ1v) is 23.8. The normalized spacial score (nSPS) is 12.0. The Balaban J connectivity index is 1.03. The maximum absolute atomic E-state index is 6.83. The monoisotopic (exact) mass is 890 g/mol. The Bertz CT molecular complexity index is 4630. The van der Waals surface area contributed by atoms with Gasteiger partial charge in [-0.15, -0.1) is 0 Å². The van der Waals surface area contributed by atoms with Crippen LogP contribution in [0.5, 0.6) is 0 Å². The Kier molecular flexibility index (Phi) is 8.29. The minimum Gasteiger partial charge on any atom is -0.455 e. The second kappa shape index (κ2) is 15.0. The van der Waals surface area contributed by atoms with Crippen LogP contribution in [0.15, 0.2) is 235 Å². The third-order valence-corrected chi connectivity index (χ3v) is 14.4. The molecule has 324 valence electrons. The Labute approximate surface area is 401 Å². The number of para-hydroxylation sites is 2. The molecule has 0 spiro atoms. The lowest BCUT2D eigenvalue weighted by Crippen LogP contribution is -2.02. The molecule has 0 saturated carbocycles. The van der Waals surface area contributed by atoms with Crippen molar-refractivity contribution in [1.29, 1.82) is 0 Å². The molecule has 15 aromatic rings. The average Bonchev–Trinajstić information content (AvgIpc) is 3.98. The molecule has 0 saturated heterocycles. The zero-order valence-corrected chi connectivity index (χ0v) is 37.6. The largest absolute Gasteiger partial charge is 0.455 e. The molecule has 12 aromatic carbocycles. The predicted molar refractivity (Wildman–Crippen MR) is 291 cm³/mol. The molecular formula is C65H38N4O. The highest BCUT2D eigenvalue weighted by atomic mass is 16.3. The molecule has 5 heteroatoms. The lowest BCUT2D eigenvalue weighted by molar-refractivity contribution is 0.673. The van der Waals surface area contributed by atoms with Gasteiger partial charge >= 0.3 is 0 Å². The van der Waals surface area contributed by atoms with Crippen LogP contribution < -0.4 is 0 Å². The summed E-state index contributed by atoms with van der Waals surface area (Å²) in [5.41, 5.74) is 9.82. The molecule has 3 aromatic heterocycles. The second-order valence-electron chi connectivity index (χ2n) is 18.3. The van der Waals surface area contributed by atoms with Crippen LogP contribution in [-0.4, -0.2) is 19.5 Å². The van der Waals surface area contributed by atoms with Crippen LogP contribution in [0.25, 0.3) is 149 Å². The number of nitrogens with zero attached hydrogens (tertiary/aromatic N) is 4. The molecule has 3 heterocycles. The molecular weight excluding hydrogens is 853 g/mol. The maximum atomic E-state index is 6.83. The van der Waals surface area contributed by atoms with Gasteiger partial charge in [0, 0.05) is 49.2 Å². The summed E-state index contributed by atoms with van der Waals surface area (Å²) in [5.74, 6) is 1.80. The van der Waals surface area contributed by atoms with Crippen LogP contribution in [0, 0.1) is 0 Å². The second-order valence-corrected chi connectivity index (χ2v) is 18.3. The summed E-state index contributed by atoms with van der Waals surface area (Å²) in [7, 11) is 0. The molecule has 0 N–H and O–H groups in total. The number of benzene rings is 12. The summed E-state index contributed by atoms with van der Waals surface area (Å²) in [6.45, 7) is 0. The minimum absolute atomic E-state index is 0.586. The fraction of sp³-hybridized carbons (Fsp3) is 0. The standard InChI is InChI=1S/C65H38N4O/c1-2-16-39(17-3-1)63-66-64(43-30-32-50-48-24-9-8-22-46(48)47-23-10-11-25-49(47)53(50)36-43)68-65(67-63)44-31-33-58(69-57-28-14-12-26-51(57)54-34-40-18-4-5-19-41(40)38-59(54)69)55(37-44)56-35-42-20-6-7-21-45(42)62-61(56)52-27-13-15-29-60(52)70-62/h1-38H. The maximum Gasteiger partial charge on any atom is 0.164 e. The molecule has 0 amide bonds. The van der Waals surface area contributed by atoms with E-state index in [1.807, 2.05) is 24.3 Å². The van der Waals surface area contributed by atoms with Gasteiger partial charge in [-0.25, -0.2) is 15.0 Å². The van der Waals surface area contributed by atoms with Gasteiger partial charge in [0.1, 0.15) is 11.2 Å². The van der Waals surface area contributed by atoms with Crippen LogP contribution in [0.3, 0.4) is 0 Å². The summed E-state index contributed by atoms with van der Waals surface area (Å²) in [6, 6.07) is 82.3. The molecule has 0 aliphatic heterocycles. The van der Waals surface area contributed by atoms with Crippen molar-refractivity contribution in [1.82, 2.24) is 19.5 Å². The van der Waals surface area contributed by atoms with Gasteiger partial charge in [0.15, 0.2) is 17.5 Å². The van der Waals surface area contributed by atoms with Gasteiger partial charge in [0.2, 0.25) is 0 Å². The van der Waals surface area contributed by atoms with Crippen molar-refractivity contribution in [2.75, 3.05) is 0 Å². The Morgan fingerprint density at radius 1 is 0.300 bits per heavy atom. The first-order valence-electron chi connectivity index (χ1n) is 23.8. The SMILES string of the molecule is c1ccc(-c2nc(-c3ccc(-n4c5ccccc5c5cc6ccccc6cc54)c(-c4cc5ccccc5c5oc6ccccc6c45)c3)nc(-c3ccc4c5ccccc5c5ccccc5c4c3)n2)cc1. The fourth-order valence-corrected chi connectivity index (χ4v) is 11.2.